The average Bonchev–Trinajstić information content (AvgIpc) is 2.36. The van der Waals surface area contributed by atoms with Crippen molar-refractivity contribution in [3.8, 4) is 11.8 Å². The molecule has 1 rings (SSSR count). The normalized spacial score (nSPS) is 11.2. The predicted octanol–water partition coefficient (Wildman–Crippen LogP) is 0.644. The topological polar surface area (TPSA) is 98.2 Å². The molecule has 0 aliphatic rings. The third-order valence-electron chi connectivity index (χ3n) is 2.44. The van der Waals surface area contributed by atoms with E-state index in [-0.39, 0.29) is 24.9 Å². The molecule has 1 unspecified atom stereocenters. The maximum Gasteiger partial charge on any atom is 0.251 e. The Labute approximate surface area is 122 Å². The minimum atomic E-state index is -0.469. The van der Waals surface area contributed by atoms with Gasteiger partial charge in [0.25, 0.3) is 5.91 Å². The molecule has 2 amide bonds. The third-order valence-corrected chi connectivity index (χ3v) is 2.75. The van der Waals surface area contributed by atoms with Crippen LogP contribution < -0.4 is 16.8 Å². The summed E-state index contributed by atoms with van der Waals surface area (Å²) in [4.78, 5) is 22.7. The summed E-state index contributed by atoms with van der Waals surface area (Å²) in [5.41, 5.74) is 11.3. The summed E-state index contributed by atoms with van der Waals surface area (Å²) in [5, 5.41) is 3.04. The van der Waals surface area contributed by atoms with Crippen LogP contribution in [0.1, 0.15) is 29.3 Å². The fourth-order valence-electron chi connectivity index (χ4n) is 1.56. The molecule has 0 aliphatic carbocycles. The highest BCUT2D eigenvalue weighted by molar-refractivity contribution is 6.32. The molecule has 0 heterocycles. The number of benzene rings is 1. The van der Waals surface area contributed by atoms with E-state index in [1.807, 2.05) is 0 Å². The average molecular weight is 294 g/mol. The molecule has 0 spiro atoms. The standard InChI is InChI=1S/C14H16ClN3O2/c1-9(7-13(17)19)18-14(20)11-5-4-10(3-2-6-16)12(15)8-11/h4-5,8-9H,6-7,16H2,1H3,(H2,17,19)(H,18,20). The van der Waals surface area contributed by atoms with Crippen LogP contribution >= 0.6 is 11.6 Å². The first-order chi connectivity index (χ1) is 9.43. The fourth-order valence-corrected chi connectivity index (χ4v) is 1.79. The molecule has 20 heavy (non-hydrogen) atoms. The molecule has 0 bridgehead atoms. The van der Waals surface area contributed by atoms with Crippen LogP contribution in [0.4, 0.5) is 0 Å². The lowest BCUT2D eigenvalue weighted by Crippen LogP contribution is -2.35. The lowest BCUT2D eigenvalue weighted by molar-refractivity contribution is -0.118. The highest BCUT2D eigenvalue weighted by Gasteiger charge is 2.12. The molecule has 0 fully saturated rings. The van der Waals surface area contributed by atoms with Gasteiger partial charge in [-0.3, -0.25) is 9.59 Å². The van der Waals surface area contributed by atoms with Crippen LogP contribution in [0.5, 0.6) is 0 Å². The van der Waals surface area contributed by atoms with E-state index in [0.717, 1.165) is 0 Å². The highest BCUT2D eigenvalue weighted by Crippen LogP contribution is 2.17. The quantitative estimate of drug-likeness (QED) is 0.711. The number of hydrogen-bond acceptors (Lipinski definition) is 3. The van der Waals surface area contributed by atoms with Gasteiger partial charge in [-0.15, -0.1) is 0 Å². The van der Waals surface area contributed by atoms with Gasteiger partial charge in [0.2, 0.25) is 5.91 Å². The van der Waals surface area contributed by atoms with Gasteiger partial charge in [0.1, 0.15) is 0 Å². The monoisotopic (exact) mass is 293 g/mol. The Hall–Kier alpha value is -2.03. The summed E-state index contributed by atoms with van der Waals surface area (Å²) in [6.07, 6.45) is 0.0829. The van der Waals surface area contributed by atoms with Gasteiger partial charge < -0.3 is 16.8 Å². The van der Waals surface area contributed by atoms with Gasteiger partial charge in [-0.1, -0.05) is 23.4 Å². The van der Waals surface area contributed by atoms with Crippen molar-refractivity contribution in [3.05, 3.63) is 34.3 Å². The molecule has 0 saturated heterocycles. The molecule has 106 valence electrons. The lowest BCUT2D eigenvalue weighted by Gasteiger charge is -2.12. The molecule has 1 aromatic carbocycles. The van der Waals surface area contributed by atoms with Crippen molar-refractivity contribution in [2.24, 2.45) is 11.5 Å². The van der Waals surface area contributed by atoms with Crippen molar-refractivity contribution in [2.45, 2.75) is 19.4 Å². The van der Waals surface area contributed by atoms with Crippen molar-refractivity contribution >= 4 is 23.4 Å². The Bertz CT molecular complexity index is 576. The first-order valence-corrected chi connectivity index (χ1v) is 6.39. The summed E-state index contributed by atoms with van der Waals surface area (Å²) >= 11 is 6.03. The van der Waals surface area contributed by atoms with Gasteiger partial charge in [-0.25, -0.2) is 0 Å². The second kappa shape index (κ2) is 7.53. The van der Waals surface area contributed by atoms with Crippen LogP contribution in [0.25, 0.3) is 0 Å². The molecule has 1 aromatic rings. The predicted molar refractivity (Wildman–Crippen MR) is 78.1 cm³/mol. The van der Waals surface area contributed by atoms with E-state index in [0.29, 0.717) is 16.1 Å². The smallest absolute Gasteiger partial charge is 0.251 e. The minimum absolute atomic E-state index is 0.0829. The molecule has 0 radical (unpaired) electrons. The van der Waals surface area contributed by atoms with Gasteiger partial charge in [-0.05, 0) is 25.1 Å². The maximum absolute atomic E-state index is 11.9. The molecule has 5 nitrogen and oxygen atoms in total. The van der Waals surface area contributed by atoms with Crippen LogP contribution in [0.2, 0.25) is 5.02 Å². The lowest BCUT2D eigenvalue weighted by atomic mass is 10.1. The zero-order chi connectivity index (χ0) is 15.1. The highest BCUT2D eigenvalue weighted by atomic mass is 35.5. The van der Waals surface area contributed by atoms with Crippen molar-refractivity contribution in [1.82, 2.24) is 5.32 Å². The van der Waals surface area contributed by atoms with Crippen molar-refractivity contribution in [2.75, 3.05) is 6.54 Å². The molecule has 0 saturated carbocycles. The summed E-state index contributed by atoms with van der Waals surface area (Å²) in [7, 11) is 0. The van der Waals surface area contributed by atoms with E-state index < -0.39 is 5.91 Å². The molecule has 0 aromatic heterocycles. The number of amides is 2. The molecular weight excluding hydrogens is 278 g/mol. The zero-order valence-corrected chi connectivity index (χ0v) is 11.8. The van der Waals surface area contributed by atoms with E-state index in [1.54, 1.807) is 19.1 Å². The summed E-state index contributed by atoms with van der Waals surface area (Å²) in [6, 6.07) is 4.45. The number of halogens is 1. The maximum atomic E-state index is 11.9. The molecule has 5 N–H and O–H groups in total. The number of carbonyl (C=O) groups excluding carboxylic acids is 2. The van der Waals surface area contributed by atoms with Gasteiger partial charge in [0.05, 0.1) is 11.6 Å². The fraction of sp³-hybridized carbons (Fsp3) is 0.286. The van der Waals surface area contributed by atoms with Gasteiger partial charge in [0, 0.05) is 23.6 Å². The molecule has 6 heteroatoms. The van der Waals surface area contributed by atoms with Gasteiger partial charge >= 0.3 is 0 Å². The summed E-state index contributed by atoms with van der Waals surface area (Å²) in [5.74, 6) is 4.71. The third kappa shape index (κ3) is 4.92. The molecular formula is C14H16ClN3O2. The Kier molecular flexibility index (Phi) is 6.04. The number of carbonyl (C=O) groups is 2. The van der Waals surface area contributed by atoms with Crippen molar-refractivity contribution in [3.63, 3.8) is 0 Å². The number of rotatable bonds is 4. The SMILES string of the molecule is CC(CC(N)=O)NC(=O)c1ccc(C#CCN)c(Cl)c1. The number of hydrogen-bond donors (Lipinski definition) is 3. The minimum Gasteiger partial charge on any atom is -0.370 e. The Morgan fingerprint density at radius 2 is 2.15 bits per heavy atom. The van der Waals surface area contributed by atoms with Crippen LogP contribution in [-0.4, -0.2) is 24.4 Å². The van der Waals surface area contributed by atoms with Crippen LogP contribution in [0.15, 0.2) is 18.2 Å². The van der Waals surface area contributed by atoms with Crippen LogP contribution in [0.3, 0.4) is 0 Å². The van der Waals surface area contributed by atoms with Gasteiger partial charge in [-0.2, -0.15) is 0 Å². The number of primary amides is 1. The van der Waals surface area contributed by atoms with Crippen LogP contribution in [-0.2, 0) is 4.79 Å². The van der Waals surface area contributed by atoms with E-state index >= 15 is 0 Å². The van der Waals surface area contributed by atoms with Crippen molar-refractivity contribution < 1.29 is 9.59 Å². The van der Waals surface area contributed by atoms with Crippen LogP contribution in [0, 0.1) is 11.8 Å². The second-order valence-electron chi connectivity index (χ2n) is 4.25. The zero-order valence-electron chi connectivity index (χ0n) is 11.1. The number of nitrogens with two attached hydrogens (primary N) is 2. The number of nitrogens with one attached hydrogen (secondary N) is 1. The summed E-state index contributed by atoms with van der Waals surface area (Å²) < 4.78 is 0. The Morgan fingerprint density at radius 1 is 1.45 bits per heavy atom. The summed E-state index contributed by atoms with van der Waals surface area (Å²) in [6.45, 7) is 1.94. The van der Waals surface area contributed by atoms with Crippen molar-refractivity contribution in [1.29, 1.82) is 0 Å². The van der Waals surface area contributed by atoms with E-state index in [4.69, 9.17) is 23.1 Å². The second-order valence-corrected chi connectivity index (χ2v) is 4.65. The van der Waals surface area contributed by atoms with E-state index in [9.17, 15) is 9.59 Å². The van der Waals surface area contributed by atoms with Gasteiger partial charge in [0.15, 0.2) is 0 Å². The first-order valence-electron chi connectivity index (χ1n) is 6.01. The molecule has 1 atom stereocenters. The largest absolute Gasteiger partial charge is 0.370 e. The van der Waals surface area contributed by atoms with E-state index in [1.165, 1.54) is 6.07 Å². The van der Waals surface area contributed by atoms with E-state index in [2.05, 4.69) is 17.2 Å². The molecule has 0 aliphatic heterocycles. The Morgan fingerprint density at radius 3 is 2.70 bits per heavy atom. The Balaban J connectivity index is 2.79. The first kappa shape index (κ1) is 16.0.